The average Bonchev–Trinajstić information content (AvgIpc) is 3.29. The molecule has 4 aromatic rings. The highest BCUT2D eigenvalue weighted by Gasteiger charge is 2.43. The van der Waals surface area contributed by atoms with E-state index >= 15 is 0 Å². The Hall–Kier alpha value is -3.47. The van der Waals surface area contributed by atoms with E-state index in [9.17, 15) is 19.0 Å². The minimum Gasteiger partial charge on any atom is -0.388 e. The quantitative estimate of drug-likeness (QED) is 0.449. The first-order valence-electron chi connectivity index (χ1n) is 9.95. The molecule has 0 saturated carbocycles. The number of nitrogens with zero attached hydrogens (tertiary/aromatic N) is 4. The van der Waals surface area contributed by atoms with Crippen molar-refractivity contribution in [3.05, 3.63) is 66.5 Å². The fraction of sp³-hybridized carbons (Fsp3) is 0.227. The van der Waals surface area contributed by atoms with E-state index in [1.807, 2.05) is 0 Å². The largest absolute Gasteiger partial charge is 0.388 e. The molecule has 1 saturated heterocycles. The molecule has 2 aromatic carbocycles. The normalized spacial score (nSPS) is 23.0. The first-order chi connectivity index (χ1) is 15.4. The molecular weight excluding hydrogens is 420 g/mol. The van der Waals surface area contributed by atoms with Crippen LogP contribution in [0.2, 0.25) is 0 Å². The number of benzene rings is 2. The molecule has 5 rings (SSSR count). The monoisotopic (exact) mass is 439 g/mol. The van der Waals surface area contributed by atoms with E-state index in [2.05, 4.69) is 20.4 Å². The standard InChI is InChI=1S/C22H19F2N5O3/c1-11-18(30)19(31)22(32-11)29-21-16(17(28-29)12-2-4-13(23)5-3-12)20(25-10-26-21)27-15-8-6-14(24)7-9-15/h2-11,18-19,22,30-31H,1H3,(H,25,26,27)/t11-,18+,19+,22-/m1/s1. The van der Waals surface area contributed by atoms with Gasteiger partial charge >= 0.3 is 0 Å². The summed E-state index contributed by atoms with van der Waals surface area (Å²) in [6.07, 6.45) is -2.58. The van der Waals surface area contributed by atoms with Gasteiger partial charge in [-0.05, 0) is 55.5 Å². The Kier molecular flexibility index (Phi) is 5.04. The Morgan fingerprint density at radius 1 is 0.938 bits per heavy atom. The Labute approximate surface area is 181 Å². The topological polar surface area (TPSA) is 105 Å². The Morgan fingerprint density at radius 2 is 1.59 bits per heavy atom. The van der Waals surface area contributed by atoms with Crippen LogP contribution in [0, 0.1) is 11.6 Å². The molecule has 0 unspecified atom stereocenters. The van der Waals surface area contributed by atoms with Gasteiger partial charge in [0.2, 0.25) is 0 Å². The van der Waals surface area contributed by atoms with Gasteiger partial charge in [0.1, 0.15) is 41.7 Å². The molecule has 10 heteroatoms. The predicted octanol–water partition coefficient (Wildman–Crippen LogP) is 3.15. The molecule has 1 aliphatic heterocycles. The summed E-state index contributed by atoms with van der Waals surface area (Å²) in [6.45, 7) is 1.65. The molecule has 1 fully saturated rings. The van der Waals surface area contributed by atoms with Crippen LogP contribution in [-0.2, 0) is 4.74 Å². The Balaban J connectivity index is 1.69. The summed E-state index contributed by atoms with van der Waals surface area (Å²) in [4.78, 5) is 8.65. The van der Waals surface area contributed by atoms with E-state index in [0.717, 1.165) is 0 Å². The van der Waals surface area contributed by atoms with Gasteiger partial charge < -0.3 is 20.3 Å². The number of hydrogen-bond donors (Lipinski definition) is 3. The molecule has 0 amide bonds. The number of anilines is 2. The van der Waals surface area contributed by atoms with Crippen LogP contribution in [0.25, 0.3) is 22.3 Å². The number of ether oxygens (including phenoxy) is 1. The van der Waals surface area contributed by atoms with Gasteiger partial charge in [0.05, 0.1) is 11.5 Å². The van der Waals surface area contributed by atoms with Gasteiger partial charge in [-0.3, -0.25) is 0 Å². The third-order valence-electron chi connectivity index (χ3n) is 5.43. The summed E-state index contributed by atoms with van der Waals surface area (Å²) in [6, 6.07) is 11.5. The minimum atomic E-state index is -1.22. The van der Waals surface area contributed by atoms with Crippen molar-refractivity contribution in [3.8, 4) is 11.3 Å². The van der Waals surface area contributed by atoms with Crippen molar-refractivity contribution in [2.75, 3.05) is 5.32 Å². The van der Waals surface area contributed by atoms with Crippen LogP contribution in [0.5, 0.6) is 0 Å². The molecule has 32 heavy (non-hydrogen) atoms. The van der Waals surface area contributed by atoms with Gasteiger partial charge in [0.25, 0.3) is 0 Å². The lowest BCUT2D eigenvalue weighted by atomic mass is 10.1. The number of nitrogens with one attached hydrogen (secondary N) is 1. The van der Waals surface area contributed by atoms with E-state index < -0.39 is 30.4 Å². The van der Waals surface area contributed by atoms with E-state index in [1.54, 1.807) is 31.2 Å². The summed E-state index contributed by atoms with van der Waals surface area (Å²) in [5.74, 6) is -0.388. The molecule has 0 spiro atoms. The highest BCUT2D eigenvalue weighted by Crippen LogP contribution is 2.37. The molecular formula is C22H19F2N5O3. The lowest BCUT2D eigenvalue weighted by Gasteiger charge is -2.15. The summed E-state index contributed by atoms with van der Waals surface area (Å²) in [5.41, 5.74) is 1.95. The minimum absolute atomic E-state index is 0.342. The maximum Gasteiger partial charge on any atom is 0.181 e. The number of hydrogen-bond acceptors (Lipinski definition) is 7. The van der Waals surface area contributed by atoms with Gasteiger partial charge in [0, 0.05) is 11.3 Å². The number of aromatic nitrogens is 4. The molecule has 8 nitrogen and oxygen atoms in total. The highest BCUT2D eigenvalue weighted by atomic mass is 19.1. The molecule has 164 valence electrons. The second-order valence-electron chi connectivity index (χ2n) is 7.57. The van der Waals surface area contributed by atoms with Crippen LogP contribution in [0.1, 0.15) is 13.2 Å². The second kappa shape index (κ2) is 7.90. The molecule has 1 aliphatic rings. The summed E-state index contributed by atoms with van der Waals surface area (Å²) < 4.78 is 34.0. The van der Waals surface area contributed by atoms with E-state index in [0.29, 0.717) is 33.8 Å². The molecule has 3 N–H and O–H groups in total. The summed E-state index contributed by atoms with van der Waals surface area (Å²) in [7, 11) is 0. The van der Waals surface area contributed by atoms with Crippen molar-refractivity contribution in [3.63, 3.8) is 0 Å². The fourth-order valence-electron chi connectivity index (χ4n) is 3.75. The first-order valence-corrected chi connectivity index (χ1v) is 9.95. The molecule has 0 aliphatic carbocycles. The molecule has 2 aromatic heterocycles. The van der Waals surface area contributed by atoms with Crippen LogP contribution < -0.4 is 5.32 Å². The van der Waals surface area contributed by atoms with E-state index in [4.69, 9.17) is 4.74 Å². The van der Waals surface area contributed by atoms with Crippen molar-refractivity contribution < 1.29 is 23.7 Å². The Bertz CT molecular complexity index is 1260. The summed E-state index contributed by atoms with van der Waals surface area (Å²) in [5, 5.41) is 28.9. The SMILES string of the molecule is C[C@H]1O[C@@H](n2nc(-c3ccc(F)cc3)c3c(Nc4ccc(F)cc4)ncnc32)[C@@H](O)[C@H]1O. The average molecular weight is 439 g/mol. The van der Waals surface area contributed by atoms with Crippen LogP contribution >= 0.6 is 0 Å². The number of rotatable bonds is 4. The van der Waals surface area contributed by atoms with Gasteiger partial charge in [-0.2, -0.15) is 5.10 Å². The van der Waals surface area contributed by atoms with Crippen molar-refractivity contribution in [2.45, 2.75) is 31.5 Å². The second-order valence-corrected chi connectivity index (χ2v) is 7.57. The maximum absolute atomic E-state index is 13.5. The van der Waals surface area contributed by atoms with Crippen LogP contribution in [0.15, 0.2) is 54.9 Å². The third kappa shape index (κ3) is 3.48. The third-order valence-corrected chi connectivity index (χ3v) is 5.43. The van der Waals surface area contributed by atoms with Crippen LogP contribution in [-0.4, -0.2) is 48.3 Å². The van der Waals surface area contributed by atoms with Crippen molar-refractivity contribution in [1.82, 2.24) is 19.7 Å². The fourth-order valence-corrected chi connectivity index (χ4v) is 3.75. The zero-order chi connectivity index (χ0) is 22.4. The highest BCUT2D eigenvalue weighted by molar-refractivity contribution is 6.00. The van der Waals surface area contributed by atoms with Gasteiger partial charge in [-0.25, -0.2) is 23.4 Å². The number of fused-ring (bicyclic) bond motifs is 1. The molecule has 4 atom stereocenters. The van der Waals surface area contributed by atoms with E-state index in [-0.39, 0.29) is 5.82 Å². The lowest BCUT2D eigenvalue weighted by Crippen LogP contribution is -2.30. The molecule has 0 radical (unpaired) electrons. The number of halogens is 2. The van der Waals surface area contributed by atoms with E-state index in [1.165, 1.54) is 35.3 Å². The zero-order valence-electron chi connectivity index (χ0n) is 16.9. The van der Waals surface area contributed by atoms with Crippen molar-refractivity contribution in [1.29, 1.82) is 0 Å². The van der Waals surface area contributed by atoms with Crippen LogP contribution in [0.4, 0.5) is 20.3 Å². The first kappa shape index (κ1) is 20.4. The van der Waals surface area contributed by atoms with Gasteiger partial charge in [-0.15, -0.1) is 0 Å². The van der Waals surface area contributed by atoms with Gasteiger partial charge in [-0.1, -0.05) is 0 Å². The number of aliphatic hydroxyl groups excluding tert-OH is 2. The van der Waals surface area contributed by atoms with Gasteiger partial charge in [0.15, 0.2) is 11.9 Å². The predicted molar refractivity (Wildman–Crippen MR) is 112 cm³/mol. The van der Waals surface area contributed by atoms with Crippen molar-refractivity contribution >= 4 is 22.5 Å². The summed E-state index contributed by atoms with van der Waals surface area (Å²) >= 11 is 0. The number of aliphatic hydroxyl groups is 2. The smallest absolute Gasteiger partial charge is 0.181 e. The Morgan fingerprint density at radius 3 is 2.22 bits per heavy atom. The maximum atomic E-state index is 13.5. The zero-order valence-corrected chi connectivity index (χ0v) is 16.9. The lowest BCUT2D eigenvalue weighted by molar-refractivity contribution is -0.0370. The molecule has 3 heterocycles. The van der Waals surface area contributed by atoms with Crippen molar-refractivity contribution in [2.24, 2.45) is 0 Å². The van der Waals surface area contributed by atoms with Crippen LogP contribution in [0.3, 0.4) is 0 Å². The molecule has 0 bridgehead atoms.